The van der Waals surface area contributed by atoms with Crippen LogP contribution in [0.2, 0.25) is 0 Å². The van der Waals surface area contributed by atoms with Gasteiger partial charge in [-0.05, 0) is 40.9 Å². The summed E-state index contributed by atoms with van der Waals surface area (Å²) in [4.78, 5) is 23.7. The molecule has 8 heteroatoms. The van der Waals surface area contributed by atoms with Crippen LogP contribution in [0.4, 0.5) is 0 Å². The van der Waals surface area contributed by atoms with Gasteiger partial charge in [0.2, 0.25) is 0 Å². The lowest BCUT2D eigenvalue weighted by Crippen LogP contribution is -2.13. The molecule has 0 spiro atoms. The number of fused-ring (bicyclic) bond motifs is 1. The third-order valence-corrected chi connectivity index (χ3v) is 4.87. The highest BCUT2D eigenvalue weighted by molar-refractivity contribution is 9.11. The normalized spacial score (nSPS) is 15.6. The highest BCUT2D eigenvalue weighted by atomic mass is 79.9. The summed E-state index contributed by atoms with van der Waals surface area (Å²) in [5.74, 6) is 1.09. The SMILES string of the molecule is NC(=NC1CC1)SCc1nc2c(Br)cc(Br)cc2c(=O)[nH]1. The van der Waals surface area contributed by atoms with Gasteiger partial charge >= 0.3 is 0 Å². The summed E-state index contributed by atoms with van der Waals surface area (Å²) in [7, 11) is 0. The summed E-state index contributed by atoms with van der Waals surface area (Å²) in [6.07, 6.45) is 2.24. The zero-order chi connectivity index (χ0) is 15.0. The summed E-state index contributed by atoms with van der Waals surface area (Å²) in [5, 5.41) is 1.10. The number of halogens is 2. The van der Waals surface area contributed by atoms with Crippen LogP contribution in [0, 0.1) is 0 Å². The molecule has 0 saturated heterocycles. The first kappa shape index (κ1) is 15.1. The predicted molar refractivity (Wildman–Crippen MR) is 93.7 cm³/mol. The summed E-state index contributed by atoms with van der Waals surface area (Å²) in [5.41, 5.74) is 6.33. The molecule has 1 aromatic carbocycles. The van der Waals surface area contributed by atoms with Crippen LogP contribution >= 0.6 is 43.6 Å². The van der Waals surface area contributed by atoms with Gasteiger partial charge in [-0.15, -0.1) is 0 Å². The number of aliphatic imine (C=N–C) groups is 1. The fourth-order valence-electron chi connectivity index (χ4n) is 1.85. The minimum absolute atomic E-state index is 0.157. The maximum atomic E-state index is 12.1. The number of thioether (sulfide) groups is 1. The molecule has 1 aliphatic rings. The highest BCUT2D eigenvalue weighted by Gasteiger charge is 2.20. The Morgan fingerprint density at radius 3 is 2.95 bits per heavy atom. The van der Waals surface area contributed by atoms with E-state index < -0.39 is 0 Å². The fourth-order valence-corrected chi connectivity index (χ4v) is 3.80. The molecule has 21 heavy (non-hydrogen) atoms. The molecule has 0 atom stereocenters. The van der Waals surface area contributed by atoms with E-state index in [1.807, 2.05) is 6.07 Å². The van der Waals surface area contributed by atoms with Crippen molar-refractivity contribution in [3.63, 3.8) is 0 Å². The van der Waals surface area contributed by atoms with E-state index >= 15 is 0 Å². The highest BCUT2D eigenvalue weighted by Crippen LogP contribution is 2.26. The minimum atomic E-state index is -0.157. The molecular formula is C13H12Br2N4OS. The molecule has 1 fully saturated rings. The molecule has 1 heterocycles. The van der Waals surface area contributed by atoms with Crippen molar-refractivity contribution in [1.82, 2.24) is 9.97 Å². The van der Waals surface area contributed by atoms with Crippen molar-refractivity contribution < 1.29 is 0 Å². The van der Waals surface area contributed by atoms with Gasteiger partial charge in [-0.25, -0.2) is 4.98 Å². The van der Waals surface area contributed by atoms with E-state index in [-0.39, 0.29) is 5.56 Å². The number of rotatable bonds is 3. The predicted octanol–water partition coefficient (Wildman–Crippen LogP) is 3.16. The van der Waals surface area contributed by atoms with Crippen molar-refractivity contribution in [2.75, 3.05) is 0 Å². The number of nitrogens with two attached hydrogens (primary N) is 1. The first-order chi connectivity index (χ1) is 10.0. The van der Waals surface area contributed by atoms with Crippen LogP contribution < -0.4 is 11.3 Å². The van der Waals surface area contributed by atoms with Gasteiger partial charge in [-0.1, -0.05) is 27.7 Å². The molecule has 0 unspecified atom stereocenters. The van der Waals surface area contributed by atoms with Gasteiger partial charge in [-0.3, -0.25) is 9.79 Å². The van der Waals surface area contributed by atoms with Crippen LogP contribution in [0.15, 0.2) is 30.9 Å². The fraction of sp³-hybridized carbons (Fsp3) is 0.308. The van der Waals surface area contributed by atoms with Crippen molar-refractivity contribution in [2.45, 2.75) is 24.6 Å². The van der Waals surface area contributed by atoms with Gasteiger partial charge in [0, 0.05) is 8.95 Å². The first-order valence-electron chi connectivity index (χ1n) is 6.37. The van der Waals surface area contributed by atoms with Crippen molar-refractivity contribution in [3.05, 3.63) is 37.3 Å². The van der Waals surface area contributed by atoms with Gasteiger partial charge in [0.25, 0.3) is 5.56 Å². The van der Waals surface area contributed by atoms with E-state index in [1.165, 1.54) is 11.8 Å². The van der Waals surface area contributed by atoms with Crippen molar-refractivity contribution in [3.8, 4) is 0 Å². The number of benzene rings is 1. The van der Waals surface area contributed by atoms with Crippen LogP contribution in [0.25, 0.3) is 10.9 Å². The number of hydrogen-bond donors (Lipinski definition) is 2. The number of nitrogens with zero attached hydrogens (tertiary/aromatic N) is 2. The topological polar surface area (TPSA) is 84.1 Å². The smallest absolute Gasteiger partial charge is 0.258 e. The molecule has 1 aliphatic carbocycles. The molecule has 1 saturated carbocycles. The zero-order valence-electron chi connectivity index (χ0n) is 10.9. The molecule has 3 N–H and O–H groups in total. The molecule has 3 rings (SSSR count). The Balaban J connectivity index is 1.88. The first-order valence-corrected chi connectivity index (χ1v) is 8.94. The standard InChI is InChI=1S/C13H12Br2N4OS/c14-6-3-8-11(9(15)4-6)18-10(19-12(8)20)5-21-13(16)17-7-1-2-7/h3-4,7H,1-2,5H2,(H2,16,17)(H,18,19,20). The number of aromatic amines is 1. The molecule has 1 aromatic heterocycles. The summed E-state index contributed by atoms with van der Waals surface area (Å²) >= 11 is 8.20. The molecule has 0 bridgehead atoms. The third-order valence-electron chi connectivity index (χ3n) is 2.99. The van der Waals surface area contributed by atoms with E-state index in [2.05, 4.69) is 46.8 Å². The average molecular weight is 432 g/mol. The second-order valence-corrected chi connectivity index (χ2v) is 7.55. The number of amidine groups is 1. The Bertz CT molecular complexity index is 786. The number of nitrogens with one attached hydrogen (secondary N) is 1. The van der Waals surface area contributed by atoms with Crippen LogP contribution in [0.1, 0.15) is 18.7 Å². The number of hydrogen-bond acceptors (Lipinski definition) is 4. The molecule has 0 radical (unpaired) electrons. The minimum Gasteiger partial charge on any atom is -0.379 e. The van der Waals surface area contributed by atoms with Gasteiger partial charge in [-0.2, -0.15) is 0 Å². The Labute approximate surface area is 142 Å². The van der Waals surface area contributed by atoms with Gasteiger partial charge < -0.3 is 10.7 Å². The van der Waals surface area contributed by atoms with E-state index in [0.29, 0.717) is 33.7 Å². The molecule has 0 aliphatic heterocycles. The molecule has 2 aromatic rings. The summed E-state index contributed by atoms with van der Waals surface area (Å²) < 4.78 is 1.61. The lowest BCUT2D eigenvalue weighted by atomic mass is 10.2. The molecule has 0 amide bonds. The maximum absolute atomic E-state index is 12.1. The van der Waals surface area contributed by atoms with E-state index in [1.54, 1.807) is 6.07 Å². The quantitative estimate of drug-likeness (QED) is 0.577. The second-order valence-electron chi connectivity index (χ2n) is 4.78. The Morgan fingerprint density at radius 1 is 1.48 bits per heavy atom. The van der Waals surface area contributed by atoms with E-state index in [4.69, 9.17) is 5.73 Å². The Kier molecular flexibility index (Phi) is 4.37. The Hall–Kier alpha value is -0.860. The van der Waals surface area contributed by atoms with Crippen LogP contribution in [-0.4, -0.2) is 21.2 Å². The van der Waals surface area contributed by atoms with Gasteiger partial charge in [0.15, 0.2) is 5.17 Å². The number of aromatic nitrogens is 2. The van der Waals surface area contributed by atoms with Crippen LogP contribution in [0.3, 0.4) is 0 Å². The third kappa shape index (κ3) is 3.67. The van der Waals surface area contributed by atoms with Crippen LogP contribution in [0.5, 0.6) is 0 Å². The molecule has 110 valence electrons. The second kappa shape index (κ2) is 6.10. The lowest BCUT2D eigenvalue weighted by Gasteiger charge is -2.05. The summed E-state index contributed by atoms with van der Waals surface area (Å²) in [6.45, 7) is 0. The molecular weight excluding hydrogens is 420 g/mol. The average Bonchev–Trinajstić information content (AvgIpc) is 3.21. The molecule has 5 nitrogen and oxygen atoms in total. The van der Waals surface area contributed by atoms with Gasteiger partial charge in [0.1, 0.15) is 5.82 Å². The monoisotopic (exact) mass is 430 g/mol. The van der Waals surface area contributed by atoms with Gasteiger partial charge in [0.05, 0.1) is 22.7 Å². The van der Waals surface area contributed by atoms with Crippen LogP contribution in [-0.2, 0) is 5.75 Å². The largest absolute Gasteiger partial charge is 0.379 e. The Morgan fingerprint density at radius 2 is 2.24 bits per heavy atom. The van der Waals surface area contributed by atoms with E-state index in [0.717, 1.165) is 21.8 Å². The van der Waals surface area contributed by atoms with Crippen molar-refractivity contribution >= 4 is 59.7 Å². The maximum Gasteiger partial charge on any atom is 0.258 e. The zero-order valence-corrected chi connectivity index (χ0v) is 14.9. The number of H-pyrrole nitrogens is 1. The lowest BCUT2D eigenvalue weighted by molar-refractivity contribution is 1.04. The van der Waals surface area contributed by atoms with Crippen molar-refractivity contribution in [1.29, 1.82) is 0 Å². The summed E-state index contributed by atoms with van der Waals surface area (Å²) in [6, 6.07) is 4.02. The van der Waals surface area contributed by atoms with E-state index in [9.17, 15) is 4.79 Å². The van der Waals surface area contributed by atoms with Crippen molar-refractivity contribution in [2.24, 2.45) is 10.7 Å².